The summed E-state index contributed by atoms with van der Waals surface area (Å²) in [6, 6.07) is 13.6. The number of piperazine rings is 1. The number of amides is 2. The van der Waals surface area contributed by atoms with Gasteiger partial charge in [0.2, 0.25) is 5.91 Å². The average molecular weight is 436 g/mol. The van der Waals surface area contributed by atoms with E-state index in [0.717, 1.165) is 22.4 Å². The zero-order valence-corrected chi connectivity index (χ0v) is 18.2. The predicted octanol–water partition coefficient (Wildman–Crippen LogP) is 3.23. The van der Waals surface area contributed by atoms with E-state index in [1.54, 1.807) is 23.1 Å². The minimum Gasteiger partial charge on any atom is -0.335 e. The zero-order valence-electron chi connectivity index (χ0n) is 18.2. The van der Waals surface area contributed by atoms with Crippen molar-refractivity contribution < 1.29 is 14.0 Å². The first-order valence-corrected chi connectivity index (χ1v) is 10.6. The Morgan fingerprint density at radius 2 is 1.69 bits per heavy atom. The molecule has 32 heavy (non-hydrogen) atoms. The summed E-state index contributed by atoms with van der Waals surface area (Å²) in [5, 5.41) is 9.98. The molecule has 3 aromatic rings. The van der Waals surface area contributed by atoms with Crippen molar-refractivity contribution in [3.05, 3.63) is 71.2 Å². The molecule has 166 valence electrons. The van der Waals surface area contributed by atoms with Crippen molar-refractivity contribution in [2.24, 2.45) is 0 Å². The van der Waals surface area contributed by atoms with E-state index in [-0.39, 0.29) is 24.2 Å². The highest BCUT2D eigenvalue weighted by Gasteiger charge is 2.25. The highest BCUT2D eigenvalue weighted by Crippen LogP contribution is 2.20. The smallest absolute Gasteiger partial charge is 0.271 e. The number of aromatic amines is 1. The minimum absolute atomic E-state index is 0.0558. The molecule has 2 N–H and O–H groups in total. The molecule has 0 radical (unpaired) electrons. The molecule has 0 bridgehead atoms. The van der Waals surface area contributed by atoms with Crippen molar-refractivity contribution in [3.8, 4) is 11.3 Å². The van der Waals surface area contributed by atoms with Gasteiger partial charge in [-0.05, 0) is 55.3 Å². The van der Waals surface area contributed by atoms with Crippen LogP contribution in [0.5, 0.6) is 0 Å². The van der Waals surface area contributed by atoms with E-state index in [2.05, 4.69) is 15.5 Å². The number of nitrogens with one attached hydrogen (secondary N) is 2. The van der Waals surface area contributed by atoms with E-state index >= 15 is 0 Å². The number of hydrogen-bond donors (Lipinski definition) is 2. The van der Waals surface area contributed by atoms with E-state index in [4.69, 9.17) is 0 Å². The van der Waals surface area contributed by atoms with Gasteiger partial charge in [0, 0.05) is 37.4 Å². The number of anilines is 1. The van der Waals surface area contributed by atoms with Gasteiger partial charge in [-0.2, -0.15) is 5.10 Å². The quantitative estimate of drug-likeness (QED) is 0.645. The maximum atomic E-state index is 13.1. The van der Waals surface area contributed by atoms with Crippen molar-refractivity contribution in [1.82, 2.24) is 20.0 Å². The van der Waals surface area contributed by atoms with Crippen LogP contribution in [0.4, 0.5) is 10.1 Å². The fourth-order valence-corrected chi connectivity index (χ4v) is 3.87. The molecule has 0 spiro atoms. The third-order valence-corrected chi connectivity index (χ3v) is 5.72. The SMILES string of the molecule is Cc1cccc(C)c1NC(=O)CN1CCN(C(=O)c2cc(-c3ccc(F)cc3)n[nH]2)CC1. The van der Waals surface area contributed by atoms with E-state index in [0.29, 0.717) is 37.6 Å². The number of aryl methyl sites for hydroxylation is 2. The van der Waals surface area contributed by atoms with Crippen LogP contribution in [0, 0.1) is 19.7 Å². The van der Waals surface area contributed by atoms with Crippen LogP contribution in [0.2, 0.25) is 0 Å². The van der Waals surface area contributed by atoms with Gasteiger partial charge in [-0.3, -0.25) is 19.6 Å². The second kappa shape index (κ2) is 9.32. The van der Waals surface area contributed by atoms with Gasteiger partial charge in [0.15, 0.2) is 0 Å². The summed E-state index contributed by atoms with van der Waals surface area (Å²) < 4.78 is 13.1. The molecule has 2 aromatic carbocycles. The second-order valence-electron chi connectivity index (χ2n) is 8.06. The number of H-pyrrole nitrogens is 1. The molecule has 2 amide bonds. The van der Waals surface area contributed by atoms with Crippen LogP contribution in [-0.4, -0.2) is 64.5 Å². The summed E-state index contributed by atoms with van der Waals surface area (Å²) in [6.07, 6.45) is 0. The maximum Gasteiger partial charge on any atom is 0.271 e. The predicted molar refractivity (Wildman–Crippen MR) is 121 cm³/mol. The number of rotatable bonds is 5. The van der Waals surface area contributed by atoms with Crippen LogP contribution in [0.15, 0.2) is 48.5 Å². The molecule has 0 atom stereocenters. The van der Waals surface area contributed by atoms with Gasteiger partial charge in [-0.25, -0.2) is 4.39 Å². The Kier molecular flexibility index (Phi) is 6.32. The molecular weight excluding hydrogens is 409 g/mol. The van der Waals surface area contributed by atoms with Gasteiger partial charge < -0.3 is 10.2 Å². The summed E-state index contributed by atoms with van der Waals surface area (Å²) >= 11 is 0. The molecule has 1 aromatic heterocycles. The molecular formula is C24H26FN5O2. The molecule has 1 saturated heterocycles. The van der Waals surface area contributed by atoms with E-state index in [1.807, 2.05) is 36.9 Å². The van der Waals surface area contributed by atoms with Crippen LogP contribution in [0.1, 0.15) is 21.6 Å². The van der Waals surface area contributed by atoms with Gasteiger partial charge in [0.25, 0.3) is 5.91 Å². The number of aromatic nitrogens is 2. The first kappa shape index (κ1) is 21.7. The van der Waals surface area contributed by atoms with Crippen molar-refractivity contribution in [1.29, 1.82) is 0 Å². The molecule has 0 saturated carbocycles. The minimum atomic E-state index is -0.318. The van der Waals surface area contributed by atoms with E-state index in [9.17, 15) is 14.0 Å². The fourth-order valence-electron chi connectivity index (χ4n) is 3.87. The molecule has 0 aliphatic carbocycles. The molecule has 4 rings (SSSR count). The molecule has 8 heteroatoms. The summed E-state index contributed by atoms with van der Waals surface area (Å²) in [5.74, 6) is -0.508. The van der Waals surface area contributed by atoms with Gasteiger partial charge in [0.1, 0.15) is 11.5 Å². The standard InChI is InChI=1S/C24H26FN5O2/c1-16-4-3-5-17(2)23(16)26-22(31)15-29-10-12-30(13-11-29)24(32)21-14-20(27-28-21)18-6-8-19(25)9-7-18/h3-9,14H,10-13,15H2,1-2H3,(H,26,31)(H,27,28). The van der Waals surface area contributed by atoms with Crippen molar-refractivity contribution in [2.75, 3.05) is 38.0 Å². The number of nitrogens with zero attached hydrogens (tertiary/aromatic N) is 3. The average Bonchev–Trinajstić information content (AvgIpc) is 3.27. The third kappa shape index (κ3) is 4.86. The second-order valence-corrected chi connectivity index (χ2v) is 8.06. The first-order valence-electron chi connectivity index (χ1n) is 10.6. The Labute approximate surface area is 186 Å². The Balaban J connectivity index is 1.30. The monoisotopic (exact) mass is 435 g/mol. The van der Waals surface area contributed by atoms with Crippen LogP contribution in [0.3, 0.4) is 0 Å². The molecule has 1 aliphatic rings. The molecule has 0 unspecified atom stereocenters. The van der Waals surface area contributed by atoms with Crippen molar-refractivity contribution in [2.45, 2.75) is 13.8 Å². The molecule has 2 heterocycles. The number of halogens is 1. The van der Waals surface area contributed by atoms with Gasteiger partial charge >= 0.3 is 0 Å². The Morgan fingerprint density at radius 1 is 1.03 bits per heavy atom. The van der Waals surface area contributed by atoms with Gasteiger partial charge in [0.05, 0.1) is 12.2 Å². The van der Waals surface area contributed by atoms with Crippen molar-refractivity contribution in [3.63, 3.8) is 0 Å². The largest absolute Gasteiger partial charge is 0.335 e. The molecule has 1 aliphatic heterocycles. The topological polar surface area (TPSA) is 81.3 Å². The third-order valence-electron chi connectivity index (χ3n) is 5.72. The van der Waals surface area contributed by atoms with E-state index in [1.165, 1.54) is 12.1 Å². The van der Waals surface area contributed by atoms with E-state index < -0.39 is 0 Å². The fraction of sp³-hybridized carbons (Fsp3) is 0.292. The number of hydrogen-bond acceptors (Lipinski definition) is 4. The lowest BCUT2D eigenvalue weighted by Gasteiger charge is -2.34. The Morgan fingerprint density at radius 3 is 2.34 bits per heavy atom. The highest BCUT2D eigenvalue weighted by molar-refractivity contribution is 5.94. The van der Waals surface area contributed by atoms with Crippen LogP contribution < -0.4 is 5.32 Å². The Hall–Kier alpha value is -3.52. The normalized spacial score (nSPS) is 14.4. The number of carbonyl (C=O) groups excluding carboxylic acids is 2. The van der Waals surface area contributed by atoms with Crippen LogP contribution in [-0.2, 0) is 4.79 Å². The summed E-state index contributed by atoms with van der Waals surface area (Å²) in [6.45, 7) is 6.53. The summed E-state index contributed by atoms with van der Waals surface area (Å²) in [4.78, 5) is 29.1. The first-order chi connectivity index (χ1) is 15.4. The lowest BCUT2D eigenvalue weighted by atomic mass is 10.1. The maximum absolute atomic E-state index is 13.1. The van der Waals surface area contributed by atoms with Crippen LogP contribution >= 0.6 is 0 Å². The number of carbonyl (C=O) groups is 2. The molecule has 1 fully saturated rings. The van der Waals surface area contributed by atoms with Gasteiger partial charge in [-0.15, -0.1) is 0 Å². The lowest BCUT2D eigenvalue weighted by molar-refractivity contribution is -0.117. The zero-order chi connectivity index (χ0) is 22.7. The summed E-state index contributed by atoms with van der Waals surface area (Å²) in [5.41, 5.74) is 4.66. The highest BCUT2D eigenvalue weighted by atomic mass is 19.1. The number of para-hydroxylation sites is 1. The lowest BCUT2D eigenvalue weighted by Crippen LogP contribution is -2.50. The summed E-state index contributed by atoms with van der Waals surface area (Å²) in [7, 11) is 0. The molecule has 7 nitrogen and oxygen atoms in total. The van der Waals surface area contributed by atoms with Gasteiger partial charge in [-0.1, -0.05) is 18.2 Å². The Bertz CT molecular complexity index is 1100. The number of benzene rings is 2. The van der Waals surface area contributed by atoms with Crippen molar-refractivity contribution >= 4 is 17.5 Å². The van der Waals surface area contributed by atoms with Crippen LogP contribution in [0.25, 0.3) is 11.3 Å².